The summed E-state index contributed by atoms with van der Waals surface area (Å²) in [6, 6.07) is 0.650. The molecule has 0 amide bonds. The highest BCUT2D eigenvalue weighted by atomic mass is 32.1. The van der Waals surface area contributed by atoms with E-state index in [1.807, 2.05) is 0 Å². The summed E-state index contributed by atoms with van der Waals surface area (Å²) >= 11 is 5.30. The second-order valence-electron chi connectivity index (χ2n) is 5.15. The van der Waals surface area contributed by atoms with Crippen molar-refractivity contribution in [1.29, 1.82) is 0 Å². The van der Waals surface area contributed by atoms with Crippen molar-refractivity contribution < 1.29 is 4.74 Å². The first kappa shape index (κ1) is 14.0. The van der Waals surface area contributed by atoms with Crippen LogP contribution in [0.5, 0.6) is 0 Å². The van der Waals surface area contributed by atoms with Crippen molar-refractivity contribution in [3.05, 3.63) is 0 Å². The van der Waals surface area contributed by atoms with Gasteiger partial charge < -0.3 is 15.4 Å². The predicted octanol–water partition coefficient (Wildman–Crippen LogP) is 1.11. The molecule has 2 atom stereocenters. The molecular formula is C13H25N3OS. The standard InChI is InChI=1S/C13H25N3OS/c1-2-16-7-3-5-11(16)9-14-13(18)15-10-12-6-4-8-17-12/h11-12H,2-10H2,1H3,(H2,14,15,18). The minimum atomic E-state index is 0.350. The number of nitrogens with one attached hydrogen (secondary N) is 2. The highest BCUT2D eigenvalue weighted by Gasteiger charge is 2.22. The summed E-state index contributed by atoms with van der Waals surface area (Å²) in [5.74, 6) is 0. The van der Waals surface area contributed by atoms with Crippen LogP contribution in [-0.4, -0.2) is 54.9 Å². The van der Waals surface area contributed by atoms with E-state index in [2.05, 4.69) is 22.5 Å². The Morgan fingerprint density at radius 1 is 1.28 bits per heavy atom. The molecule has 2 aliphatic rings. The van der Waals surface area contributed by atoms with E-state index < -0.39 is 0 Å². The molecule has 0 aromatic carbocycles. The molecule has 0 saturated carbocycles. The summed E-state index contributed by atoms with van der Waals surface area (Å²) in [6.45, 7) is 7.31. The molecule has 5 heteroatoms. The molecule has 2 unspecified atom stereocenters. The van der Waals surface area contributed by atoms with Crippen molar-refractivity contribution >= 4 is 17.3 Å². The number of ether oxygens (including phenoxy) is 1. The van der Waals surface area contributed by atoms with E-state index in [1.54, 1.807) is 0 Å². The molecule has 4 nitrogen and oxygen atoms in total. The molecule has 2 saturated heterocycles. The Balaban J connectivity index is 1.59. The SMILES string of the molecule is CCN1CCCC1CNC(=S)NCC1CCCO1. The molecule has 2 fully saturated rings. The molecule has 0 aromatic heterocycles. The maximum Gasteiger partial charge on any atom is 0.166 e. The van der Waals surface area contributed by atoms with Crippen LogP contribution < -0.4 is 10.6 Å². The van der Waals surface area contributed by atoms with Gasteiger partial charge in [-0.2, -0.15) is 0 Å². The van der Waals surface area contributed by atoms with Crippen LogP contribution in [0.1, 0.15) is 32.6 Å². The second-order valence-corrected chi connectivity index (χ2v) is 5.56. The highest BCUT2D eigenvalue weighted by Crippen LogP contribution is 2.15. The Hall–Kier alpha value is -0.390. The number of likely N-dealkylation sites (tertiary alicyclic amines) is 1. The van der Waals surface area contributed by atoms with Gasteiger partial charge in [0.1, 0.15) is 0 Å². The van der Waals surface area contributed by atoms with Gasteiger partial charge in [0, 0.05) is 25.7 Å². The maximum atomic E-state index is 5.56. The van der Waals surface area contributed by atoms with Crippen LogP contribution in [0.15, 0.2) is 0 Å². The molecule has 2 N–H and O–H groups in total. The van der Waals surface area contributed by atoms with Crippen LogP contribution in [0.25, 0.3) is 0 Å². The molecule has 2 rings (SSSR count). The molecule has 0 spiro atoms. The molecule has 0 aliphatic carbocycles. The first-order valence-corrected chi connectivity index (χ1v) is 7.57. The number of hydrogen-bond acceptors (Lipinski definition) is 3. The minimum absolute atomic E-state index is 0.350. The molecule has 0 bridgehead atoms. The van der Waals surface area contributed by atoms with Gasteiger partial charge >= 0.3 is 0 Å². The van der Waals surface area contributed by atoms with Gasteiger partial charge in [0.25, 0.3) is 0 Å². The third-order valence-corrected chi connectivity index (χ3v) is 4.21. The van der Waals surface area contributed by atoms with Crippen LogP contribution in [0.2, 0.25) is 0 Å². The van der Waals surface area contributed by atoms with Crippen LogP contribution in [-0.2, 0) is 4.74 Å². The van der Waals surface area contributed by atoms with Gasteiger partial charge in [-0.3, -0.25) is 4.90 Å². The zero-order valence-corrected chi connectivity index (χ0v) is 12.1. The number of rotatable bonds is 5. The largest absolute Gasteiger partial charge is 0.376 e. The van der Waals surface area contributed by atoms with Crippen molar-refractivity contribution in [2.24, 2.45) is 0 Å². The van der Waals surface area contributed by atoms with Crippen LogP contribution in [0, 0.1) is 0 Å². The fraction of sp³-hybridized carbons (Fsp3) is 0.923. The summed E-state index contributed by atoms with van der Waals surface area (Å²) in [5, 5.41) is 7.37. The highest BCUT2D eigenvalue weighted by molar-refractivity contribution is 7.80. The normalized spacial score (nSPS) is 28.5. The van der Waals surface area contributed by atoms with Crippen molar-refractivity contribution in [2.45, 2.75) is 44.8 Å². The van der Waals surface area contributed by atoms with Gasteiger partial charge in [0.2, 0.25) is 0 Å². The lowest BCUT2D eigenvalue weighted by atomic mass is 10.2. The van der Waals surface area contributed by atoms with E-state index in [0.29, 0.717) is 12.1 Å². The third kappa shape index (κ3) is 4.07. The second kappa shape index (κ2) is 7.26. The average molecular weight is 271 g/mol. The van der Waals surface area contributed by atoms with Crippen molar-refractivity contribution in [2.75, 3.05) is 32.8 Å². The fourth-order valence-electron chi connectivity index (χ4n) is 2.83. The zero-order chi connectivity index (χ0) is 12.8. The lowest BCUT2D eigenvalue weighted by molar-refractivity contribution is 0.114. The Kier molecular flexibility index (Phi) is 5.66. The lowest BCUT2D eigenvalue weighted by Gasteiger charge is -2.24. The van der Waals surface area contributed by atoms with Crippen molar-refractivity contribution in [1.82, 2.24) is 15.5 Å². The van der Waals surface area contributed by atoms with E-state index in [9.17, 15) is 0 Å². The van der Waals surface area contributed by atoms with E-state index in [4.69, 9.17) is 17.0 Å². The monoisotopic (exact) mass is 271 g/mol. The minimum Gasteiger partial charge on any atom is -0.376 e. The summed E-state index contributed by atoms with van der Waals surface area (Å²) in [5.41, 5.74) is 0. The molecule has 0 radical (unpaired) electrons. The van der Waals surface area contributed by atoms with Gasteiger partial charge in [-0.25, -0.2) is 0 Å². The molecule has 2 heterocycles. The summed E-state index contributed by atoms with van der Waals surface area (Å²) in [4.78, 5) is 2.52. The van der Waals surface area contributed by atoms with Gasteiger partial charge in [0.15, 0.2) is 5.11 Å². The van der Waals surface area contributed by atoms with Crippen LogP contribution >= 0.6 is 12.2 Å². The first-order valence-electron chi connectivity index (χ1n) is 7.17. The fourth-order valence-corrected chi connectivity index (χ4v) is 2.99. The van der Waals surface area contributed by atoms with Gasteiger partial charge in [-0.15, -0.1) is 0 Å². The average Bonchev–Trinajstić information content (AvgIpc) is 3.04. The molecule has 18 heavy (non-hydrogen) atoms. The van der Waals surface area contributed by atoms with Gasteiger partial charge in [0.05, 0.1) is 6.10 Å². The topological polar surface area (TPSA) is 36.5 Å². The smallest absolute Gasteiger partial charge is 0.166 e. The van der Waals surface area contributed by atoms with Crippen molar-refractivity contribution in [3.8, 4) is 0 Å². The van der Waals surface area contributed by atoms with Crippen molar-refractivity contribution in [3.63, 3.8) is 0 Å². The van der Waals surface area contributed by atoms with E-state index in [0.717, 1.165) is 37.8 Å². The molecular weight excluding hydrogens is 246 g/mol. The Morgan fingerprint density at radius 3 is 2.83 bits per heavy atom. The Morgan fingerprint density at radius 2 is 2.11 bits per heavy atom. The van der Waals surface area contributed by atoms with Crippen LogP contribution in [0.4, 0.5) is 0 Å². The number of nitrogens with zero attached hydrogens (tertiary/aromatic N) is 1. The lowest BCUT2D eigenvalue weighted by Crippen LogP contribution is -2.45. The number of hydrogen-bond donors (Lipinski definition) is 2. The molecule has 104 valence electrons. The summed E-state index contributed by atoms with van der Waals surface area (Å²) in [6.07, 6.45) is 5.29. The summed E-state index contributed by atoms with van der Waals surface area (Å²) in [7, 11) is 0. The number of thiocarbonyl (C=S) groups is 1. The first-order chi connectivity index (χ1) is 8.79. The van der Waals surface area contributed by atoms with Crippen LogP contribution in [0.3, 0.4) is 0 Å². The van der Waals surface area contributed by atoms with E-state index in [-0.39, 0.29) is 0 Å². The zero-order valence-electron chi connectivity index (χ0n) is 11.3. The quantitative estimate of drug-likeness (QED) is 0.733. The number of likely N-dealkylation sites (N-methyl/N-ethyl adjacent to an activating group) is 1. The molecule has 0 aromatic rings. The van der Waals surface area contributed by atoms with Gasteiger partial charge in [-0.05, 0) is 51.0 Å². The van der Waals surface area contributed by atoms with E-state index in [1.165, 1.54) is 25.8 Å². The maximum absolute atomic E-state index is 5.56. The summed E-state index contributed by atoms with van der Waals surface area (Å²) < 4.78 is 5.56. The molecule has 2 aliphatic heterocycles. The Labute approximate surface area is 115 Å². The van der Waals surface area contributed by atoms with E-state index >= 15 is 0 Å². The van der Waals surface area contributed by atoms with Gasteiger partial charge in [-0.1, -0.05) is 6.92 Å². The predicted molar refractivity (Wildman–Crippen MR) is 77.8 cm³/mol. The Bertz CT molecular complexity index is 269. The third-order valence-electron chi connectivity index (χ3n) is 3.92.